The van der Waals surface area contributed by atoms with Crippen LogP contribution in [0.4, 0.5) is 0 Å². The van der Waals surface area contributed by atoms with Crippen molar-refractivity contribution in [3.05, 3.63) is 21.9 Å². The molecule has 0 unspecified atom stereocenters. The van der Waals surface area contributed by atoms with E-state index in [1.165, 1.54) is 16.2 Å². The zero-order chi connectivity index (χ0) is 12.7. The molecule has 0 saturated heterocycles. The highest BCUT2D eigenvalue weighted by atomic mass is 32.1. The summed E-state index contributed by atoms with van der Waals surface area (Å²) in [5.74, 6) is 0. The van der Waals surface area contributed by atoms with Crippen LogP contribution in [0, 0.1) is 0 Å². The molecule has 0 bridgehead atoms. The zero-order valence-corrected chi connectivity index (χ0v) is 12.3. The maximum Gasteiger partial charge on any atom is 0.0587 e. The molecule has 1 aromatic heterocycles. The van der Waals surface area contributed by atoms with E-state index in [0.717, 1.165) is 26.1 Å². The van der Waals surface area contributed by atoms with E-state index in [0.29, 0.717) is 0 Å². The smallest absolute Gasteiger partial charge is 0.0587 e. The summed E-state index contributed by atoms with van der Waals surface area (Å²) in [5, 5.41) is 3.41. The fourth-order valence-electron chi connectivity index (χ4n) is 1.75. The van der Waals surface area contributed by atoms with E-state index in [9.17, 15) is 0 Å². The summed E-state index contributed by atoms with van der Waals surface area (Å²) in [6, 6.07) is 4.55. The molecular weight excluding hydrogens is 230 g/mol. The third kappa shape index (κ3) is 4.78. The van der Waals surface area contributed by atoms with Gasteiger partial charge in [0.1, 0.15) is 0 Å². The normalized spacial score (nSPS) is 12.0. The lowest BCUT2D eigenvalue weighted by atomic mass is 9.87. The Hall–Kier alpha value is -0.380. The number of thiophene rings is 1. The third-order valence-electron chi connectivity index (χ3n) is 3.09. The maximum atomic E-state index is 5.02. The second kappa shape index (κ2) is 7.14. The van der Waals surface area contributed by atoms with Gasteiger partial charge >= 0.3 is 0 Å². The number of hydrogen-bond donors (Lipinski definition) is 1. The molecule has 0 amide bonds. The van der Waals surface area contributed by atoms with E-state index in [2.05, 4.69) is 38.2 Å². The SMILES string of the molecule is CCc1ccc(C(C)(C)CCNCCOC)s1. The van der Waals surface area contributed by atoms with Crippen molar-refractivity contribution in [3.63, 3.8) is 0 Å². The maximum absolute atomic E-state index is 5.02. The monoisotopic (exact) mass is 255 g/mol. The lowest BCUT2D eigenvalue weighted by Crippen LogP contribution is -2.26. The molecule has 0 spiro atoms. The van der Waals surface area contributed by atoms with Gasteiger partial charge in [0.15, 0.2) is 0 Å². The molecular formula is C14H25NOS. The van der Waals surface area contributed by atoms with Crippen molar-refractivity contribution in [2.24, 2.45) is 0 Å². The van der Waals surface area contributed by atoms with Crippen LogP contribution in [0.25, 0.3) is 0 Å². The summed E-state index contributed by atoms with van der Waals surface area (Å²) >= 11 is 1.96. The Labute approximate surface area is 109 Å². The zero-order valence-electron chi connectivity index (χ0n) is 11.5. The Morgan fingerprint density at radius 2 is 2.06 bits per heavy atom. The van der Waals surface area contributed by atoms with Gasteiger partial charge in [0.05, 0.1) is 6.61 Å². The van der Waals surface area contributed by atoms with Crippen molar-refractivity contribution >= 4 is 11.3 Å². The van der Waals surface area contributed by atoms with Crippen LogP contribution in [0.3, 0.4) is 0 Å². The molecule has 2 nitrogen and oxygen atoms in total. The van der Waals surface area contributed by atoms with E-state index >= 15 is 0 Å². The van der Waals surface area contributed by atoms with Crippen molar-refractivity contribution < 1.29 is 4.74 Å². The fourth-order valence-corrected chi connectivity index (χ4v) is 2.83. The first-order valence-corrected chi connectivity index (χ1v) is 7.20. The van der Waals surface area contributed by atoms with Gasteiger partial charge in [-0.15, -0.1) is 11.3 Å². The van der Waals surface area contributed by atoms with Gasteiger partial charge in [0.2, 0.25) is 0 Å². The lowest BCUT2D eigenvalue weighted by molar-refractivity contribution is 0.198. The van der Waals surface area contributed by atoms with Gasteiger partial charge in [-0.1, -0.05) is 20.8 Å². The van der Waals surface area contributed by atoms with Crippen LogP contribution in [0.5, 0.6) is 0 Å². The van der Waals surface area contributed by atoms with Crippen LogP contribution in [0.15, 0.2) is 12.1 Å². The van der Waals surface area contributed by atoms with Crippen molar-refractivity contribution in [1.29, 1.82) is 0 Å². The molecule has 0 saturated carbocycles. The lowest BCUT2D eigenvalue weighted by Gasteiger charge is -2.23. The summed E-state index contributed by atoms with van der Waals surface area (Å²) in [5.41, 5.74) is 0.276. The summed E-state index contributed by atoms with van der Waals surface area (Å²) in [7, 11) is 1.74. The van der Waals surface area contributed by atoms with Crippen molar-refractivity contribution in [3.8, 4) is 0 Å². The molecule has 0 aliphatic carbocycles. The van der Waals surface area contributed by atoms with Crippen LogP contribution in [0.1, 0.15) is 36.9 Å². The predicted molar refractivity (Wildman–Crippen MR) is 76.1 cm³/mol. The van der Waals surface area contributed by atoms with Gasteiger partial charge in [0.25, 0.3) is 0 Å². The van der Waals surface area contributed by atoms with E-state index in [1.54, 1.807) is 7.11 Å². The Morgan fingerprint density at radius 1 is 1.29 bits per heavy atom. The number of rotatable bonds is 8. The van der Waals surface area contributed by atoms with Crippen LogP contribution in [0.2, 0.25) is 0 Å². The van der Waals surface area contributed by atoms with Crippen molar-refractivity contribution in [1.82, 2.24) is 5.32 Å². The van der Waals surface area contributed by atoms with E-state index in [1.807, 2.05) is 11.3 Å². The highest BCUT2D eigenvalue weighted by Crippen LogP contribution is 2.32. The minimum Gasteiger partial charge on any atom is -0.383 e. The largest absolute Gasteiger partial charge is 0.383 e. The molecule has 1 rings (SSSR count). The van der Waals surface area contributed by atoms with Crippen LogP contribution in [-0.4, -0.2) is 26.8 Å². The molecule has 1 N–H and O–H groups in total. The minimum absolute atomic E-state index is 0.276. The summed E-state index contributed by atoms with van der Waals surface area (Å²) in [4.78, 5) is 2.99. The molecule has 0 fully saturated rings. The second-order valence-electron chi connectivity index (χ2n) is 5.00. The van der Waals surface area contributed by atoms with Gasteiger partial charge in [-0.2, -0.15) is 0 Å². The molecule has 0 aromatic carbocycles. The topological polar surface area (TPSA) is 21.3 Å². The first-order valence-electron chi connectivity index (χ1n) is 6.39. The molecule has 0 atom stereocenters. The van der Waals surface area contributed by atoms with Gasteiger partial charge in [0, 0.05) is 28.8 Å². The highest BCUT2D eigenvalue weighted by molar-refractivity contribution is 7.12. The van der Waals surface area contributed by atoms with Crippen molar-refractivity contribution in [2.75, 3.05) is 26.8 Å². The Balaban J connectivity index is 2.39. The van der Waals surface area contributed by atoms with E-state index in [4.69, 9.17) is 4.74 Å². The minimum atomic E-state index is 0.276. The summed E-state index contributed by atoms with van der Waals surface area (Å²) in [6.07, 6.45) is 2.31. The standard InChI is InChI=1S/C14H25NOS/c1-5-12-6-7-13(17-12)14(2,3)8-9-15-10-11-16-4/h6-7,15H,5,8-11H2,1-4H3. The van der Waals surface area contributed by atoms with Crippen LogP contribution < -0.4 is 5.32 Å². The van der Waals surface area contributed by atoms with Crippen molar-refractivity contribution in [2.45, 2.75) is 39.0 Å². The highest BCUT2D eigenvalue weighted by Gasteiger charge is 2.21. The number of nitrogens with one attached hydrogen (secondary N) is 1. The third-order valence-corrected chi connectivity index (χ3v) is 4.68. The van der Waals surface area contributed by atoms with E-state index < -0.39 is 0 Å². The van der Waals surface area contributed by atoms with Gasteiger partial charge in [-0.25, -0.2) is 0 Å². The van der Waals surface area contributed by atoms with Gasteiger partial charge in [-0.3, -0.25) is 0 Å². The molecule has 1 aromatic rings. The molecule has 3 heteroatoms. The van der Waals surface area contributed by atoms with Gasteiger partial charge < -0.3 is 10.1 Å². The van der Waals surface area contributed by atoms with Crippen LogP contribution in [-0.2, 0) is 16.6 Å². The molecule has 0 aliphatic heterocycles. The second-order valence-corrected chi connectivity index (χ2v) is 6.16. The molecule has 0 aliphatic rings. The van der Waals surface area contributed by atoms with Crippen LogP contribution >= 0.6 is 11.3 Å². The molecule has 98 valence electrons. The van der Waals surface area contributed by atoms with E-state index in [-0.39, 0.29) is 5.41 Å². The average Bonchev–Trinajstić information content (AvgIpc) is 2.78. The fraction of sp³-hybridized carbons (Fsp3) is 0.714. The first kappa shape index (κ1) is 14.7. The molecule has 1 heterocycles. The summed E-state index contributed by atoms with van der Waals surface area (Å²) < 4.78 is 5.02. The number of hydrogen-bond acceptors (Lipinski definition) is 3. The molecule has 0 radical (unpaired) electrons. The summed E-state index contributed by atoms with van der Waals surface area (Å²) in [6.45, 7) is 9.66. The number of aryl methyl sites for hydroxylation is 1. The average molecular weight is 255 g/mol. The predicted octanol–water partition coefficient (Wildman–Crippen LogP) is 3.21. The quantitative estimate of drug-likeness (QED) is 0.720. The Bertz CT molecular complexity index is 320. The number of methoxy groups -OCH3 is 1. The first-order chi connectivity index (χ1) is 8.10. The van der Waals surface area contributed by atoms with Gasteiger partial charge in [-0.05, 0) is 31.5 Å². The number of ether oxygens (including phenoxy) is 1. The molecule has 17 heavy (non-hydrogen) atoms. The Morgan fingerprint density at radius 3 is 2.65 bits per heavy atom. The Kier molecular flexibility index (Phi) is 6.17.